The van der Waals surface area contributed by atoms with Crippen LogP contribution in [0.1, 0.15) is 11.1 Å². The maximum atomic E-state index is 12.8. The summed E-state index contributed by atoms with van der Waals surface area (Å²) in [5.41, 5.74) is 1.96. The van der Waals surface area contributed by atoms with Crippen molar-refractivity contribution >= 4 is 12.0 Å². The van der Waals surface area contributed by atoms with Crippen LogP contribution in [0.5, 0.6) is 0 Å². The molecule has 138 valence electrons. The van der Waals surface area contributed by atoms with Gasteiger partial charge in [0.1, 0.15) is 12.4 Å². The minimum Gasteiger partial charge on any atom is -0.461 e. The van der Waals surface area contributed by atoms with Gasteiger partial charge >= 0.3 is 5.97 Å². The fourth-order valence-electron chi connectivity index (χ4n) is 2.47. The molecule has 0 bridgehead atoms. The Labute approximate surface area is 153 Å². The van der Waals surface area contributed by atoms with E-state index in [1.165, 1.54) is 23.8 Å². The number of rotatable bonds is 10. The van der Waals surface area contributed by atoms with E-state index in [1.54, 1.807) is 18.2 Å². The minimum absolute atomic E-state index is 0.0627. The van der Waals surface area contributed by atoms with Crippen LogP contribution < -0.4 is 0 Å². The molecule has 0 aliphatic carbocycles. The third-order valence-electron chi connectivity index (χ3n) is 3.91. The summed E-state index contributed by atoms with van der Waals surface area (Å²) >= 11 is 0. The zero-order valence-corrected chi connectivity index (χ0v) is 14.7. The Hall–Kier alpha value is -2.50. The molecule has 2 aromatic rings. The first kappa shape index (κ1) is 19.8. The Morgan fingerprint density at radius 2 is 1.77 bits per heavy atom. The summed E-state index contributed by atoms with van der Waals surface area (Å²) in [6.07, 6.45) is 3.79. The summed E-state index contributed by atoms with van der Waals surface area (Å²) in [5.74, 6) is -0.759. The number of aliphatic hydroxyl groups excluding tert-OH is 1. The van der Waals surface area contributed by atoms with Gasteiger partial charge in [-0.2, -0.15) is 0 Å². The smallest absolute Gasteiger partial charge is 0.330 e. The standard InChI is InChI=1S/C21H24FNO3/c22-20-9-6-19(7-10-20)8-11-21(25)26-17-15-23(14-16-24)13-12-18-4-2-1-3-5-18/h1-11,24H,12-17H2. The lowest BCUT2D eigenvalue weighted by Crippen LogP contribution is -2.32. The van der Waals surface area contributed by atoms with Gasteiger partial charge in [-0.3, -0.25) is 4.90 Å². The molecule has 0 heterocycles. The average Bonchev–Trinajstić information content (AvgIpc) is 2.66. The molecule has 0 aliphatic rings. The number of benzene rings is 2. The van der Waals surface area contributed by atoms with E-state index in [2.05, 4.69) is 17.0 Å². The number of ether oxygens (including phenoxy) is 1. The van der Waals surface area contributed by atoms with Crippen molar-refractivity contribution in [2.45, 2.75) is 6.42 Å². The van der Waals surface area contributed by atoms with Gasteiger partial charge in [0.2, 0.25) is 0 Å². The lowest BCUT2D eigenvalue weighted by molar-refractivity contribution is -0.138. The Morgan fingerprint density at radius 3 is 2.46 bits per heavy atom. The molecule has 0 saturated heterocycles. The summed E-state index contributed by atoms with van der Waals surface area (Å²) in [7, 11) is 0. The molecule has 26 heavy (non-hydrogen) atoms. The molecular weight excluding hydrogens is 333 g/mol. The predicted molar refractivity (Wildman–Crippen MR) is 100 cm³/mol. The molecule has 0 aromatic heterocycles. The number of carbonyl (C=O) groups is 1. The van der Waals surface area contributed by atoms with Crippen LogP contribution in [0, 0.1) is 5.82 Å². The molecule has 0 aliphatic heterocycles. The van der Waals surface area contributed by atoms with Gasteiger partial charge in [-0.05, 0) is 35.8 Å². The van der Waals surface area contributed by atoms with Gasteiger partial charge in [-0.25, -0.2) is 9.18 Å². The van der Waals surface area contributed by atoms with Crippen LogP contribution in [0.4, 0.5) is 4.39 Å². The fraction of sp³-hybridized carbons (Fsp3) is 0.286. The third kappa shape index (κ3) is 7.59. The molecule has 4 nitrogen and oxygen atoms in total. The second-order valence-electron chi connectivity index (χ2n) is 5.85. The van der Waals surface area contributed by atoms with Crippen molar-refractivity contribution < 1.29 is 19.0 Å². The lowest BCUT2D eigenvalue weighted by Gasteiger charge is -2.20. The molecule has 0 saturated carbocycles. The third-order valence-corrected chi connectivity index (χ3v) is 3.91. The number of hydrogen-bond donors (Lipinski definition) is 1. The van der Waals surface area contributed by atoms with Crippen molar-refractivity contribution in [3.8, 4) is 0 Å². The van der Waals surface area contributed by atoms with Crippen molar-refractivity contribution in [3.63, 3.8) is 0 Å². The highest BCUT2D eigenvalue weighted by molar-refractivity contribution is 5.87. The van der Waals surface area contributed by atoms with Crippen LogP contribution in [0.15, 0.2) is 60.7 Å². The van der Waals surface area contributed by atoms with Gasteiger partial charge in [-0.15, -0.1) is 0 Å². The summed E-state index contributed by atoms with van der Waals surface area (Å²) in [4.78, 5) is 13.8. The Morgan fingerprint density at radius 1 is 1.04 bits per heavy atom. The molecule has 0 unspecified atom stereocenters. The maximum Gasteiger partial charge on any atom is 0.330 e. The van der Waals surface area contributed by atoms with E-state index in [9.17, 15) is 14.3 Å². The highest BCUT2D eigenvalue weighted by Gasteiger charge is 2.06. The van der Waals surface area contributed by atoms with E-state index in [-0.39, 0.29) is 19.0 Å². The highest BCUT2D eigenvalue weighted by atomic mass is 19.1. The summed E-state index contributed by atoms with van der Waals surface area (Å²) in [6.45, 7) is 2.20. The molecule has 0 atom stereocenters. The molecule has 0 spiro atoms. The van der Waals surface area contributed by atoms with Gasteiger partial charge in [0.15, 0.2) is 0 Å². The number of esters is 1. The van der Waals surface area contributed by atoms with Crippen LogP contribution in [0.2, 0.25) is 0 Å². The van der Waals surface area contributed by atoms with Gasteiger partial charge in [0, 0.05) is 25.7 Å². The molecular formula is C21H24FNO3. The van der Waals surface area contributed by atoms with E-state index >= 15 is 0 Å². The topological polar surface area (TPSA) is 49.8 Å². The fourth-order valence-corrected chi connectivity index (χ4v) is 2.47. The van der Waals surface area contributed by atoms with Crippen molar-refractivity contribution in [1.82, 2.24) is 4.90 Å². The number of halogens is 1. The molecule has 0 radical (unpaired) electrons. The number of hydrogen-bond acceptors (Lipinski definition) is 4. The van der Waals surface area contributed by atoms with Crippen LogP contribution >= 0.6 is 0 Å². The first-order chi connectivity index (χ1) is 12.7. The molecule has 0 fully saturated rings. The first-order valence-electron chi connectivity index (χ1n) is 8.65. The largest absolute Gasteiger partial charge is 0.461 e. The zero-order chi connectivity index (χ0) is 18.6. The van der Waals surface area contributed by atoms with E-state index in [0.29, 0.717) is 13.1 Å². The molecule has 5 heteroatoms. The molecule has 1 N–H and O–H groups in total. The van der Waals surface area contributed by atoms with Crippen LogP contribution in [0.25, 0.3) is 6.08 Å². The number of carbonyl (C=O) groups excluding carboxylic acids is 1. The minimum atomic E-state index is -0.443. The van der Waals surface area contributed by atoms with Gasteiger partial charge in [0.05, 0.1) is 6.61 Å². The summed E-state index contributed by atoms with van der Waals surface area (Å²) in [6, 6.07) is 16.0. The van der Waals surface area contributed by atoms with Gasteiger partial charge in [-0.1, -0.05) is 42.5 Å². The second kappa shape index (κ2) is 11.2. The lowest BCUT2D eigenvalue weighted by atomic mass is 10.1. The zero-order valence-electron chi connectivity index (χ0n) is 14.7. The van der Waals surface area contributed by atoms with E-state index < -0.39 is 5.97 Å². The van der Waals surface area contributed by atoms with Crippen LogP contribution in [-0.4, -0.2) is 48.8 Å². The Balaban J connectivity index is 1.72. The van der Waals surface area contributed by atoms with Crippen molar-refractivity contribution in [2.24, 2.45) is 0 Å². The van der Waals surface area contributed by atoms with E-state index in [0.717, 1.165) is 18.5 Å². The van der Waals surface area contributed by atoms with E-state index in [1.807, 2.05) is 18.2 Å². The van der Waals surface area contributed by atoms with E-state index in [4.69, 9.17) is 4.74 Å². The first-order valence-corrected chi connectivity index (χ1v) is 8.65. The molecule has 0 amide bonds. The second-order valence-corrected chi connectivity index (χ2v) is 5.85. The Bertz CT molecular complexity index is 686. The van der Waals surface area contributed by atoms with Crippen molar-refractivity contribution in [1.29, 1.82) is 0 Å². The van der Waals surface area contributed by atoms with Gasteiger partial charge in [0.25, 0.3) is 0 Å². The van der Waals surface area contributed by atoms with Gasteiger partial charge < -0.3 is 9.84 Å². The Kier molecular flexibility index (Phi) is 8.52. The molecule has 2 aromatic carbocycles. The quantitative estimate of drug-likeness (QED) is 0.525. The van der Waals surface area contributed by atoms with Crippen molar-refractivity contribution in [2.75, 3.05) is 32.8 Å². The van der Waals surface area contributed by atoms with Crippen LogP contribution in [-0.2, 0) is 16.0 Å². The molecule has 2 rings (SSSR count). The van der Waals surface area contributed by atoms with Crippen molar-refractivity contribution in [3.05, 3.63) is 77.6 Å². The van der Waals surface area contributed by atoms with Crippen LogP contribution in [0.3, 0.4) is 0 Å². The summed E-state index contributed by atoms with van der Waals surface area (Å²) < 4.78 is 18.0. The predicted octanol–water partition coefficient (Wildman–Crippen LogP) is 2.92. The average molecular weight is 357 g/mol. The summed E-state index contributed by atoms with van der Waals surface area (Å²) in [5, 5.41) is 9.18. The number of nitrogens with zero attached hydrogens (tertiary/aromatic N) is 1. The SMILES string of the molecule is O=C(C=Cc1ccc(F)cc1)OCCN(CCO)CCc1ccccc1. The maximum absolute atomic E-state index is 12.8. The highest BCUT2D eigenvalue weighted by Crippen LogP contribution is 2.05. The number of aliphatic hydroxyl groups is 1. The normalized spacial score (nSPS) is 11.2. The monoisotopic (exact) mass is 357 g/mol.